The summed E-state index contributed by atoms with van der Waals surface area (Å²) < 4.78 is 19.4. The van der Waals surface area contributed by atoms with Gasteiger partial charge >= 0.3 is 0 Å². The van der Waals surface area contributed by atoms with Gasteiger partial charge in [-0.15, -0.1) is 0 Å². The van der Waals surface area contributed by atoms with Crippen molar-refractivity contribution in [1.82, 2.24) is 4.98 Å². The lowest BCUT2D eigenvalue weighted by Crippen LogP contribution is -1.99. The standard InChI is InChI=1S/C16H13FN2O/c17-15-7-6-11(16-14(15)5-2-8-19-16)10-20-13-4-1-3-12(18)9-13/h1-9H,10,18H2. The second kappa shape index (κ2) is 5.17. The number of nitrogen functional groups attached to an aromatic ring is 1. The molecular formula is C16H13FN2O. The third-order valence-electron chi connectivity index (χ3n) is 3.05. The summed E-state index contributed by atoms with van der Waals surface area (Å²) in [7, 11) is 0. The van der Waals surface area contributed by atoms with Crippen molar-refractivity contribution in [2.75, 3.05) is 5.73 Å². The normalized spacial score (nSPS) is 10.7. The van der Waals surface area contributed by atoms with E-state index < -0.39 is 0 Å². The Morgan fingerprint density at radius 2 is 2.00 bits per heavy atom. The van der Waals surface area contributed by atoms with Gasteiger partial charge in [-0.2, -0.15) is 0 Å². The van der Waals surface area contributed by atoms with E-state index in [1.165, 1.54) is 6.07 Å². The number of anilines is 1. The SMILES string of the molecule is Nc1cccc(OCc2ccc(F)c3cccnc23)c1. The van der Waals surface area contributed by atoms with E-state index in [9.17, 15) is 4.39 Å². The second-order valence-electron chi connectivity index (χ2n) is 4.47. The lowest BCUT2D eigenvalue weighted by Gasteiger charge is -2.09. The number of benzene rings is 2. The number of aromatic nitrogens is 1. The molecule has 0 fully saturated rings. The first-order valence-corrected chi connectivity index (χ1v) is 6.24. The molecule has 2 N–H and O–H groups in total. The van der Waals surface area contributed by atoms with Gasteiger partial charge in [-0.1, -0.05) is 12.1 Å². The average Bonchev–Trinajstić information content (AvgIpc) is 2.47. The van der Waals surface area contributed by atoms with Crippen LogP contribution in [0.4, 0.5) is 10.1 Å². The fourth-order valence-corrected chi connectivity index (χ4v) is 2.08. The predicted molar refractivity (Wildman–Crippen MR) is 76.9 cm³/mol. The van der Waals surface area contributed by atoms with Gasteiger partial charge in [-0.05, 0) is 30.3 Å². The third-order valence-corrected chi connectivity index (χ3v) is 3.05. The van der Waals surface area contributed by atoms with Crippen LogP contribution in [-0.4, -0.2) is 4.98 Å². The fourth-order valence-electron chi connectivity index (χ4n) is 2.08. The zero-order chi connectivity index (χ0) is 13.9. The van der Waals surface area contributed by atoms with E-state index in [1.807, 2.05) is 12.1 Å². The number of rotatable bonds is 3. The van der Waals surface area contributed by atoms with Gasteiger partial charge in [0.15, 0.2) is 0 Å². The van der Waals surface area contributed by atoms with E-state index in [0.717, 1.165) is 5.56 Å². The molecule has 2 aromatic carbocycles. The molecule has 0 unspecified atom stereocenters. The Morgan fingerprint density at radius 1 is 1.10 bits per heavy atom. The largest absolute Gasteiger partial charge is 0.489 e. The summed E-state index contributed by atoms with van der Waals surface area (Å²) in [5.74, 6) is 0.402. The highest BCUT2D eigenvalue weighted by molar-refractivity contribution is 5.82. The van der Waals surface area contributed by atoms with Crippen molar-refractivity contribution in [3.8, 4) is 5.75 Å². The predicted octanol–water partition coefficient (Wildman–Crippen LogP) is 3.54. The van der Waals surface area contributed by atoms with Crippen LogP contribution in [-0.2, 0) is 6.61 Å². The van der Waals surface area contributed by atoms with Crippen molar-refractivity contribution in [2.24, 2.45) is 0 Å². The van der Waals surface area contributed by atoms with Gasteiger partial charge in [0.1, 0.15) is 18.2 Å². The molecule has 3 aromatic rings. The van der Waals surface area contributed by atoms with Gasteiger partial charge in [-0.3, -0.25) is 4.98 Å². The van der Waals surface area contributed by atoms with Gasteiger partial charge in [0.25, 0.3) is 0 Å². The van der Waals surface area contributed by atoms with Crippen molar-refractivity contribution in [3.05, 3.63) is 66.1 Å². The van der Waals surface area contributed by atoms with Crippen LogP contribution in [0.25, 0.3) is 10.9 Å². The zero-order valence-corrected chi connectivity index (χ0v) is 10.7. The molecule has 0 amide bonds. The van der Waals surface area contributed by atoms with Gasteiger partial charge in [-0.25, -0.2) is 4.39 Å². The maximum Gasteiger partial charge on any atom is 0.132 e. The van der Waals surface area contributed by atoms with Gasteiger partial charge < -0.3 is 10.5 Å². The van der Waals surface area contributed by atoms with Crippen molar-refractivity contribution < 1.29 is 9.13 Å². The quantitative estimate of drug-likeness (QED) is 0.739. The molecule has 3 rings (SSSR count). The van der Waals surface area contributed by atoms with Crippen LogP contribution in [0.3, 0.4) is 0 Å². The number of ether oxygens (including phenoxy) is 1. The van der Waals surface area contributed by atoms with Crippen LogP contribution in [0.2, 0.25) is 0 Å². The van der Waals surface area contributed by atoms with Crippen molar-refractivity contribution in [3.63, 3.8) is 0 Å². The average molecular weight is 268 g/mol. The van der Waals surface area contributed by atoms with E-state index in [-0.39, 0.29) is 5.82 Å². The Hall–Kier alpha value is -2.62. The number of hydrogen-bond acceptors (Lipinski definition) is 3. The van der Waals surface area contributed by atoms with Crippen molar-refractivity contribution in [1.29, 1.82) is 0 Å². The Balaban J connectivity index is 1.90. The summed E-state index contributed by atoms with van der Waals surface area (Å²) in [5.41, 5.74) is 7.80. The lowest BCUT2D eigenvalue weighted by molar-refractivity contribution is 0.307. The van der Waals surface area contributed by atoms with Crippen LogP contribution in [0.15, 0.2) is 54.7 Å². The van der Waals surface area contributed by atoms with Crippen molar-refractivity contribution >= 4 is 16.6 Å². The molecule has 100 valence electrons. The Morgan fingerprint density at radius 3 is 2.85 bits per heavy atom. The maximum atomic E-state index is 13.7. The van der Waals surface area contributed by atoms with Crippen LogP contribution in [0.5, 0.6) is 5.75 Å². The first kappa shape index (κ1) is 12.4. The lowest BCUT2D eigenvalue weighted by atomic mass is 10.1. The smallest absolute Gasteiger partial charge is 0.132 e. The summed E-state index contributed by atoms with van der Waals surface area (Å²) in [4.78, 5) is 4.23. The van der Waals surface area contributed by atoms with Gasteiger partial charge in [0.05, 0.1) is 5.52 Å². The van der Waals surface area contributed by atoms with Crippen LogP contribution < -0.4 is 10.5 Å². The molecule has 3 nitrogen and oxygen atoms in total. The van der Waals surface area contributed by atoms with Gasteiger partial charge in [0, 0.05) is 28.9 Å². The number of halogens is 1. The highest BCUT2D eigenvalue weighted by Crippen LogP contribution is 2.22. The van der Waals surface area contributed by atoms with E-state index in [4.69, 9.17) is 10.5 Å². The molecule has 0 atom stereocenters. The van der Waals surface area contributed by atoms with E-state index in [0.29, 0.717) is 28.9 Å². The minimum absolute atomic E-state index is 0.277. The molecule has 20 heavy (non-hydrogen) atoms. The van der Waals surface area contributed by atoms with Crippen LogP contribution in [0, 0.1) is 5.82 Å². The van der Waals surface area contributed by atoms with Crippen molar-refractivity contribution in [2.45, 2.75) is 6.61 Å². The summed E-state index contributed by atoms with van der Waals surface area (Å²) in [6, 6.07) is 13.7. The monoisotopic (exact) mass is 268 g/mol. The third kappa shape index (κ3) is 2.40. The number of nitrogens with zero attached hydrogens (tertiary/aromatic N) is 1. The molecule has 0 spiro atoms. The molecule has 0 radical (unpaired) electrons. The minimum Gasteiger partial charge on any atom is -0.489 e. The number of hydrogen-bond donors (Lipinski definition) is 1. The summed E-state index contributed by atoms with van der Waals surface area (Å²) in [5, 5.41) is 0.501. The molecule has 0 aliphatic carbocycles. The summed E-state index contributed by atoms with van der Waals surface area (Å²) in [6.45, 7) is 0.317. The molecule has 4 heteroatoms. The summed E-state index contributed by atoms with van der Waals surface area (Å²) in [6.07, 6.45) is 1.64. The molecular weight excluding hydrogens is 255 g/mol. The number of pyridine rings is 1. The number of fused-ring (bicyclic) bond motifs is 1. The Labute approximate surface area is 115 Å². The molecule has 0 aliphatic rings. The maximum absolute atomic E-state index is 13.7. The minimum atomic E-state index is -0.277. The van der Waals surface area contributed by atoms with E-state index in [1.54, 1.807) is 36.5 Å². The Kier molecular flexibility index (Phi) is 3.21. The first-order chi connectivity index (χ1) is 9.74. The number of nitrogens with two attached hydrogens (primary N) is 1. The first-order valence-electron chi connectivity index (χ1n) is 6.24. The highest BCUT2D eigenvalue weighted by atomic mass is 19.1. The highest BCUT2D eigenvalue weighted by Gasteiger charge is 2.07. The fraction of sp³-hybridized carbons (Fsp3) is 0.0625. The topological polar surface area (TPSA) is 48.1 Å². The zero-order valence-electron chi connectivity index (χ0n) is 10.7. The molecule has 0 saturated heterocycles. The van der Waals surface area contributed by atoms with E-state index in [2.05, 4.69) is 4.98 Å². The Bertz CT molecular complexity index is 758. The molecule has 0 saturated carbocycles. The molecule has 0 bridgehead atoms. The summed E-state index contributed by atoms with van der Waals surface area (Å²) >= 11 is 0. The second-order valence-corrected chi connectivity index (χ2v) is 4.47. The molecule has 0 aliphatic heterocycles. The van der Waals surface area contributed by atoms with E-state index >= 15 is 0 Å². The molecule has 1 heterocycles. The van der Waals surface area contributed by atoms with Crippen LogP contribution >= 0.6 is 0 Å². The molecule has 1 aromatic heterocycles. The van der Waals surface area contributed by atoms with Gasteiger partial charge in [0.2, 0.25) is 0 Å². The van der Waals surface area contributed by atoms with Crippen LogP contribution in [0.1, 0.15) is 5.56 Å².